The van der Waals surface area contributed by atoms with Gasteiger partial charge < -0.3 is 15.5 Å². The number of hydrogen-bond acceptors (Lipinski definition) is 4. The summed E-state index contributed by atoms with van der Waals surface area (Å²) in [6.45, 7) is 8.19. The summed E-state index contributed by atoms with van der Waals surface area (Å²) in [4.78, 5) is 27.8. The largest absolute Gasteiger partial charge is 0.358 e. The van der Waals surface area contributed by atoms with Gasteiger partial charge in [-0.2, -0.15) is 0 Å². The number of nitrogens with zero attached hydrogens (tertiary/aromatic N) is 2. The van der Waals surface area contributed by atoms with Crippen LogP contribution in [0.2, 0.25) is 0 Å². The van der Waals surface area contributed by atoms with Crippen LogP contribution in [0.3, 0.4) is 0 Å². The van der Waals surface area contributed by atoms with Gasteiger partial charge in [-0.25, -0.2) is 0 Å². The zero-order chi connectivity index (χ0) is 14.3. The van der Waals surface area contributed by atoms with Crippen LogP contribution in [0.1, 0.15) is 20.3 Å². The van der Waals surface area contributed by atoms with Gasteiger partial charge in [0.1, 0.15) is 0 Å². The van der Waals surface area contributed by atoms with Crippen molar-refractivity contribution in [3.8, 4) is 0 Å². The van der Waals surface area contributed by atoms with Crippen molar-refractivity contribution in [2.75, 3.05) is 46.3 Å². The fourth-order valence-electron chi connectivity index (χ4n) is 2.27. The lowest BCUT2D eigenvalue weighted by molar-refractivity contribution is -0.137. The van der Waals surface area contributed by atoms with E-state index in [4.69, 9.17) is 0 Å². The lowest BCUT2D eigenvalue weighted by Crippen LogP contribution is -2.54. The minimum atomic E-state index is -0.240. The Morgan fingerprint density at radius 2 is 2.00 bits per heavy atom. The van der Waals surface area contributed by atoms with Gasteiger partial charge in [0.25, 0.3) is 0 Å². The molecule has 1 aliphatic rings. The Morgan fingerprint density at radius 3 is 2.53 bits per heavy atom. The van der Waals surface area contributed by atoms with Gasteiger partial charge in [-0.15, -0.1) is 0 Å². The van der Waals surface area contributed by atoms with Crippen LogP contribution in [0.15, 0.2) is 0 Å². The van der Waals surface area contributed by atoms with E-state index in [0.29, 0.717) is 0 Å². The molecule has 1 atom stereocenters. The van der Waals surface area contributed by atoms with Crippen LogP contribution < -0.4 is 10.6 Å². The number of likely N-dealkylation sites (N-methyl/N-ethyl adjacent to an activating group) is 1. The first-order chi connectivity index (χ1) is 9.10. The second-order valence-corrected chi connectivity index (χ2v) is 4.89. The average Bonchev–Trinajstić information content (AvgIpc) is 2.46. The molecule has 1 saturated heterocycles. The predicted molar refractivity (Wildman–Crippen MR) is 74.8 cm³/mol. The smallest absolute Gasteiger partial charge is 0.239 e. The summed E-state index contributed by atoms with van der Waals surface area (Å²) >= 11 is 0. The highest BCUT2D eigenvalue weighted by molar-refractivity contribution is 5.83. The fraction of sp³-hybridized carbons (Fsp3) is 0.846. The maximum atomic E-state index is 12.4. The van der Waals surface area contributed by atoms with Gasteiger partial charge in [0.15, 0.2) is 0 Å². The molecule has 0 aromatic heterocycles. The van der Waals surface area contributed by atoms with Gasteiger partial charge in [0, 0.05) is 33.2 Å². The lowest BCUT2D eigenvalue weighted by Gasteiger charge is -2.34. The lowest BCUT2D eigenvalue weighted by atomic mass is 10.2. The van der Waals surface area contributed by atoms with Crippen molar-refractivity contribution >= 4 is 11.8 Å². The molecule has 2 N–H and O–H groups in total. The molecule has 0 bridgehead atoms. The fourth-order valence-corrected chi connectivity index (χ4v) is 2.27. The Balaban J connectivity index is 2.60. The van der Waals surface area contributed by atoms with E-state index in [0.717, 1.165) is 39.1 Å². The number of rotatable bonds is 6. The van der Waals surface area contributed by atoms with Crippen LogP contribution in [-0.2, 0) is 9.59 Å². The van der Waals surface area contributed by atoms with Gasteiger partial charge in [-0.1, -0.05) is 6.92 Å². The molecule has 19 heavy (non-hydrogen) atoms. The van der Waals surface area contributed by atoms with Crippen LogP contribution in [0.4, 0.5) is 0 Å². The second kappa shape index (κ2) is 8.12. The van der Waals surface area contributed by atoms with Gasteiger partial charge in [-0.3, -0.25) is 14.5 Å². The molecular weight excluding hydrogens is 244 g/mol. The van der Waals surface area contributed by atoms with E-state index in [1.165, 1.54) is 0 Å². The molecule has 110 valence electrons. The van der Waals surface area contributed by atoms with Crippen LogP contribution in [0, 0.1) is 0 Å². The van der Waals surface area contributed by atoms with Crippen molar-refractivity contribution in [3.63, 3.8) is 0 Å². The molecule has 2 amide bonds. The number of hydrogen-bond donors (Lipinski definition) is 2. The Bertz CT molecular complexity index is 303. The maximum Gasteiger partial charge on any atom is 0.239 e. The summed E-state index contributed by atoms with van der Waals surface area (Å²) in [5.74, 6) is 0.0762. The summed E-state index contributed by atoms with van der Waals surface area (Å²) in [6, 6.07) is -0.240. The molecule has 1 aliphatic heterocycles. The van der Waals surface area contributed by atoms with Gasteiger partial charge in [0.2, 0.25) is 11.8 Å². The van der Waals surface area contributed by atoms with E-state index < -0.39 is 0 Å². The van der Waals surface area contributed by atoms with E-state index >= 15 is 0 Å². The first-order valence-corrected chi connectivity index (χ1v) is 7.04. The van der Waals surface area contributed by atoms with Crippen LogP contribution in [0.5, 0.6) is 0 Å². The molecular formula is C13H26N4O2. The molecule has 6 heteroatoms. The number of nitrogens with one attached hydrogen (secondary N) is 2. The molecule has 0 aromatic carbocycles. The molecule has 0 aliphatic carbocycles. The van der Waals surface area contributed by atoms with Gasteiger partial charge in [0.05, 0.1) is 12.6 Å². The number of piperazine rings is 1. The minimum Gasteiger partial charge on any atom is -0.358 e. The van der Waals surface area contributed by atoms with E-state index in [9.17, 15) is 9.59 Å². The van der Waals surface area contributed by atoms with E-state index in [-0.39, 0.29) is 24.4 Å². The molecule has 1 heterocycles. The summed E-state index contributed by atoms with van der Waals surface area (Å²) in [7, 11) is 1.62. The molecule has 0 saturated carbocycles. The molecule has 1 rings (SSSR count). The average molecular weight is 270 g/mol. The zero-order valence-electron chi connectivity index (χ0n) is 12.2. The molecule has 1 fully saturated rings. The molecule has 0 spiro atoms. The van der Waals surface area contributed by atoms with Crippen molar-refractivity contribution in [2.45, 2.75) is 26.3 Å². The second-order valence-electron chi connectivity index (χ2n) is 4.89. The zero-order valence-corrected chi connectivity index (χ0v) is 12.2. The van der Waals surface area contributed by atoms with Crippen LogP contribution in [0.25, 0.3) is 0 Å². The SMILES string of the molecule is CCCN(CC(=O)NC)C(C)C(=O)N1CCNCC1. The highest BCUT2D eigenvalue weighted by atomic mass is 16.2. The number of amides is 2. The topological polar surface area (TPSA) is 64.7 Å². The molecule has 0 radical (unpaired) electrons. The van der Waals surface area contributed by atoms with Crippen LogP contribution >= 0.6 is 0 Å². The quantitative estimate of drug-likeness (QED) is 0.667. The molecule has 1 unspecified atom stereocenters. The Labute approximate surface area is 115 Å². The minimum absolute atomic E-state index is 0.0478. The predicted octanol–water partition coefficient (Wildman–Crippen LogP) is -0.735. The number of carbonyl (C=O) groups is 2. The van der Waals surface area contributed by atoms with Gasteiger partial charge >= 0.3 is 0 Å². The van der Waals surface area contributed by atoms with E-state index in [2.05, 4.69) is 17.6 Å². The third kappa shape index (κ3) is 4.80. The van der Waals surface area contributed by atoms with Crippen LogP contribution in [-0.4, -0.2) is 74.0 Å². The summed E-state index contributed by atoms with van der Waals surface area (Å²) < 4.78 is 0. The first-order valence-electron chi connectivity index (χ1n) is 7.04. The highest BCUT2D eigenvalue weighted by Gasteiger charge is 2.27. The Morgan fingerprint density at radius 1 is 1.37 bits per heavy atom. The highest BCUT2D eigenvalue weighted by Crippen LogP contribution is 2.06. The van der Waals surface area contributed by atoms with Crippen molar-refractivity contribution in [3.05, 3.63) is 0 Å². The standard InChI is InChI=1S/C13H26N4O2/c1-4-7-17(10-12(18)14-3)11(2)13(19)16-8-5-15-6-9-16/h11,15H,4-10H2,1-3H3,(H,14,18). The Hall–Kier alpha value is -1.14. The van der Waals surface area contributed by atoms with E-state index in [1.54, 1.807) is 7.05 Å². The summed E-state index contributed by atoms with van der Waals surface area (Å²) in [5, 5.41) is 5.84. The van der Waals surface area contributed by atoms with Crippen molar-refractivity contribution in [1.82, 2.24) is 20.4 Å². The normalized spacial score (nSPS) is 17.4. The third-order valence-corrected chi connectivity index (χ3v) is 3.47. The first kappa shape index (κ1) is 15.9. The summed E-state index contributed by atoms with van der Waals surface area (Å²) in [6.07, 6.45) is 0.927. The summed E-state index contributed by atoms with van der Waals surface area (Å²) in [5.41, 5.74) is 0. The van der Waals surface area contributed by atoms with E-state index in [1.807, 2.05) is 16.7 Å². The van der Waals surface area contributed by atoms with Crippen molar-refractivity contribution in [1.29, 1.82) is 0 Å². The van der Waals surface area contributed by atoms with Gasteiger partial charge in [-0.05, 0) is 19.9 Å². The molecule has 6 nitrogen and oxygen atoms in total. The monoisotopic (exact) mass is 270 g/mol. The number of carbonyl (C=O) groups excluding carboxylic acids is 2. The third-order valence-electron chi connectivity index (χ3n) is 3.47. The van der Waals surface area contributed by atoms with Crippen molar-refractivity contribution < 1.29 is 9.59 Å². The Kier molecular flexibility index (Phi) is 6.80. The van der Waals surface area contributed by atoms with Crippen molar-refractivity contribution in [2.24, 2.45) is 0 Å². The molecule has 0 aromatic rings. The maximum absolute atomic E-state index is 12.4.